The zero-order valence-electron chi connectivity index (χ0n) is 8.59. The van der Waals surface area contributed by atoms with Crippen molar-refractivity contribution in [1.29, 1.82) is 5.41 Å². The maximum absolute atomic E-state index is 10.8. The Bertz CT molecular complexity index is 479. The Hall–Kier alpha value is -1.37. The number of aliphatic hydroxyl groups excluding tert-OH is 1. The van der Waals surface area contributed by atoms with E-state index in [4.69, 9.17) is 17.0 Å². The first-order valence-corrected chi connectivity index (χ1v) is 5.69. The Morgan fingerprint density at radius 1 is 1.71 bits per heavy atom. The summed E-state index contributed by atoms with van der Waals surface area (Å²) in [6, 6.07) is 3.92. The van der Waals surface area contributed by atoms with Crippen molar-refractivity contribution in [3.05, 3.63) is 50.4 Å². The second-order valence-electron chi connectivity index (χ2n) is 3.06. The van der Waals surface area contributed by atoms with Gasteiger partial charge in [0, 0.05) is 16.0 Å². The number of hydrogen-bond donors (Lipinski definition) is 2. The molecule has 0 aromatic heterocycles. The van der Waals surface area contributed by atoms with E-state index in [9.17, 15) is 15.2 Å². The molecule has 0 aliphatic carbocycles. The zero-order chi connectivity index (χ0) is 13.0. The topological polar surface area (TPSA) is 87.2 Å². The van der Waals surface area contributed by atoms with Crippen molar-refractivity contribution >= 4 is 34.6 Å². The lowest BCUT2D eigenvalue weighted by atomic mass is 10.1. The van der Waals surface area contributed by atoms with Crippen molar-refractivity contribution in [3.8, 4) is 0 Å². The molecule has 90 valence electrons. The van der Waals surface area contributed by atoms with Crippen molar-refractivity contribution < 1.29 is 10.0 Å². The number of halogens is 1. The third-order valence-corrected chi connectivity index (χ3v) is 2.88. The van der Waals surface area contributed by atoms with Crippen LogP contribution in [0.3, 0.4) is 0 Å². The molecule has 1 aromatic carbocycles. The molecule has 0 amide bonds. The number of nitro groups is 1. The van der Waals surface area contributed by atoms with Crippen LogP contribution in [-0.4, -0.2) is 15.6 Å². The highest BCUT2D eigenvalue weighted by Gasteiger charge is 2.22. The molecule has 0 radical (unpaired) electrons. The Kier molecular flexibility index (Phi) is 4.68. The van der Waals surface area contributed by atoms with Gasteiger partial charge in [-0.05, 0) is 12.1 Å². The number of rotatable bonds is 5. The number of thioether (sulfide) groups is 1. The van der Waals surface area contributed by atoms with Gasteiger partial charge in [-0.25, -0.2) is 0 Å². The number of nitrogens with one attached hydrogen (secondary N) is 1. The minimum absolute atomic E-state index is 0.0712. The van der Waals surface area contributed by atoms with E-state index < -0.39 is 11.0 Å². The average Bonchev–Trinajstić information content (AvgIpc) is 2.27. The maximum atomic E-state index is 10.8. The molecule has 1 aromatic rings. The smallest absolute Gasteiger partial charge is 0.275 e. The standard InChI is InChI=1S/C10H9ClN2O3S/c1-6(17-5-12)10(14)8-4-7(11)2-3-9(8)13(15)16/h2-5,10,12,14H,1H2. The van der Waals surface area contributed by atoms with Gasteiger partial charge in [0.05, 0.1) is 16.0 Å². The van der Waals surface area contributed by atoms with Gasteiger partial charge in [-0.15, -0.1) is 0 Å². The molecule has 0 saturated heterocycles. The molecule has 1 unspecified atom stereocenters. The summed E-state index contributed by atoms with van der Waals surface area (Å²) < 4.78 is 0. The van der Waals surface area contributed by atoms with Crippen molar-refractivity contribution in [2.75, 3.05) is 0 Å². The van der Waals surface area contributed by atoms with Gasteiger partial charge in [-0.3, -0.25) is 10.1 Å². The van der Waals surface area contributed by atoms with Crippen LogP contribution in [0, 0.1) is 15.5 Å². The van der Waals surface area contributed by atoms with Gasteiger partial charge in [0.1, 0.15) is 6.10 Å². The first kappa shape index (κ1) is 13.7. The average molecular weight is 273 g/mol. The summed E-state index contributed by atoms with van der Waals surface area (Å²) in [6.45, 7) is 3.55. The highest BCUT2D eigenvalue weighted by Crippen LogP contribution is 2.34. The molecule has 0 aliphatic rings. The monoisotopic (exact) mass is 272 g/mol. The molecule has 7 heteroatoms. The third kappa shape index (κ3) is 3.29. The zero-order valence-corrected chi connectivity index (χ0v) is 10.2. The lowest BCUT2D eigenvalue weighted by molar-refractivity contribution is -0.386. The van der Waals surface area contributed by atoms with Gasteiger partial charge < -0.3 is 10.5 Å². The summed E-state index contributed by atoms with van der Waals surface area (Å²) in [5.41, 5.74) is 0.831. The van der Waals surface area contributed by atoms with E-state index in [1.807, 2.05) is 0 Å². The Morgan fingerprint density at radius 3 is 2.88 bits per heavy atom. The second-order valence-corrected chi connectivity index (χ2v) is 4.50. The van der Waals surface area contributed by atoms with Crippen molar-refractivity contribution in [1.82, 2.24) is 0 Å². The van der Waals surface area contributed by atoms with E-state index in [0.717, 1.165) is 17.3 Å². The molecule has 5 nitrogen and oxygen atoms in total. The van der Waals surface area contributed by atoms with Crippen LogP contribution in [0.15, 0.2) is 29.7 Å². The van der Waals surface area contributed by atoms with Crippen LogP contribution in [0.25, 0.3) is 0 Å². The molecule has 0 bridgehead atoms. The first-order chi connectivity index (χ1) is 7.97. The quantitative estimate of drug-likeness (QED) is 0.373. The van der Waals surface area contributed by atoms with Gasteiger partial charge in [0.2, 0.25) is 0 Å². The van der Waals surface area contributed by atoms with Crippen LogP contribution >= 0.6 is 23.4 Å². The van der Waals surface area contributed by atoms with Gasteiger partial charge in [-0.1, -0.05) is 29.9 Å². The van der Waals surface area contributed by atoms with Gasteiger partial charge in [0.25, 0.3) is 5.69 Å². The minimum Gasteiger partial charge on any atom is -0.383 e. The number of nitro benzene ring substituents is 1. The van der Waals surface area contributed by atoms with Crippen molar-refractivity contribution in [2.24, 2.45) is 0 Å². The lowest BCUT2D eigenvalue weighted by Gasteiger charge is -2.12. The number of hydrogen-bond acceptors (Lipinski definition) is 5. The van der Waals surface area contributed by atoms with E-state index in [2.05, 4.69) is 6.58 Å². The fourth-order valence-electron chi connectivity index (χ4n) is 1.22. The van der Waals surface area contributed by atoms with Crippen molar-refractivity contribution in [2.45, 2.75) is 6.10 Å². The molecule has 0 fully saturated rings. The molecule has 0 aliphatic heterocycles. The van der Waals surface area contributed by atoms with Crippen LogP contribution in [0.5, 0.6) is 0 Å². The third-order valence-electron chi connectivity index (χ3n) is 2.00. The van der Waals surface area contributed by atoms with Crippen molar-refractivity contribution in [3.63, 3.8) is 0 Å². The number of nitrogens with zero attached hydrogens (tertiary/aromatic N) is 1. The Labute approximate surface area is 107 Å². The summed E-state index contributed by atoms with van der Waals surface area (Å²) in [5.74, 6) is 0. The predicted octanol–water partition coefficient (Wildman–Crippen LogP) is 3.14. The highest BCUT2D eigenvalue weighted by atomic mass is 35.5. The SMILES string of the molecule is C=C(SC=N)C(O)c1cc(Cl)ccc1[N+](=O)[O-]. The summed E-state index contributed by atoms with van der Waals surface area (Å²) in [6.07, 6.45) is -1.24. The van der Waals surface area contributed by atoms with Crippen LogP contribution in [0.2, 0.25) is 5.02 Å². The summed E-state index contributed by atoms with van der Waals surface area (Å²) in [5, 5.41) is 27.8. The molecule has 0 spiro atoms. The van der Waals surface area contributed by atoms with E-state index in [-0.39, 0.29) is 21.2 Å². The number of benzene rings is 1. The molecular formula is C10H9ClN2O3S. The molecule has 0 saturated carbocycles. The van der Waals surface area contributed by atoms with E-state index in [1.54, 1.807) is 0 Å². The predicted molar refractivity (Wildman–Crippen MR) is 68.6 cm³/mol. The maximum Gasteiger partial charge on any atom is 0.275 e. The first-order valence-electron chi connectivity index (χ1n) is 4.43. The van der Waals surface area contributed by atoms with Crippen LogP contribution in [0.4, 0.5) is 5.69 Å². The fourth-order valence-corrected chi connectivity index (χ4v) is 1.81. The Morgan fingerprint density at radius 2 is 2.35 bits per heavy atom. The second kappa shape index (κ2) is 5.81. The normalized spacial score (nSPS) is 11.9. The fraction of sp³-hybridized carbons (Fsp3) is 0.100. The lowest BCUT2D eigenvalue weighted by Crippen LogP contribution is -2.03. The number of aliphatic hydroxyl groups is 1. The van der Waals surface area contributed by atoms with Gasteiger partial charge >= 0.3 is 0 Å². The molecule has 0 heterocycles. The van der Waals surface area contributed by atoms with Gasteiger partial charge in [0.15, 0.2) is 0 Å². The van der Waals surface area contributed by atoms with Crippen LogP contribution < -0.4 is 0 Å². The minimum atomic E-state index is -1.24. The molecular weight excluding hydrogens is 264 g/mol. The Balaban J connectivity index is 3.18. The molecule has 2 N–H and O–H groups in total. The largest absolute Gasteiger partial charge is 0.383 e. The summed E-state index contributed by atoms with van der Waals surface area (Å²) in [7, 11) is 0. The van der Waals surface area contributed by atoms with E-state index >= 15 is 0 Å². The molecule has 1 atom stereocenters. The summed E-state index contributed by atoms with van der Waals surface area (Å²) >= 11 is 6.62. The van der Waals surface area contributed by atoms with E-state index in [0.29, 0.717) is 0 Å². The van der Waals surface area contributed by atoms with Gasteiger partial charge in [-0.2, -0.15) is 0 Å². The highest BCUT2D eigenvalue weighted by molar-refractivity contribution is 8.15. The summed E-state index contributed by atoms with van der Waals surface area (Å²) in [4.78, 5) is 10.4. The van der Waals surface area contributed by atoms with E-state index in [1.165, 1.54) is 18.2 Å². The van der Waals surface area contributed by atoms with Crippen LogP contribution in [0.1, 0.15) is 11.7 Å². The van der Waals surface area contributed by atoms with Crippen LogP contribution in [-0.2, 0) is 0 Å². The molecule has 17 heavy (non-hydrogen) atoms. The molecule has 1 rings (SSSR count).